The molecule has 1 fully saturated rings. The largest absolute Gasteiger partial charge is 0.486 e. The van der Waals surface area contributed by atoms with E-state index < -0.39 is 0 Å². The van der Waals surface area contributed by atoms with E-state index in [2.05, 4.69) is 15.2 Å². The van der Waals surface area contributed by atoms with Crippen LogP contribution < -0.4 is 10.6 Å². The van der Waals surface area contributed by atoms with Crippen LogP contribution in [-0.2, 0) is 12.4 Å². The number of nitrogens with two attached hydrogens (primary N) is 1. The molecular formula is C16H16ClN5OS2. The van der Waals surface area contributed by atoms with Gasteiger partial charge in [-0.15, -0.1) is 21.5 Å². The maximum atomic E-state index is 6.06. The van der Waals surface area contributed by atoms with Gasteiger partial charge >= 0.3 is 0 Å². The van der Waals surface area contributed by atoms with E-state index in [0.717, 1.165) is 40.3 Å². The van der Waals surface area contributed by atoms with Crippen LogP contribution in [0.15, 0.2) is 34.8 Å². The lowest BCUT2D eigenvalue weighted by atomic mass is 10.3. The molecule has 130 valence electrons. The van der Waals surface area contributed by atoms with Crippen LogP contribution in [0.4, 0.5) is 0 Å². The summed E-state index contributed by atoms with van der Waals surface area (Å²) in [6.45, 7) is 0.440. The van der Waals surface area contributed by atoms with E-state index in [1.165, 1.54) is 0 Å². The van der Waals surface area contributed by atoms with Crippen LogP contribution in [0.1, 0.15) is 35.3 Å². The predicted molar refractivity (Wildman–Crippen MR) is 99.6 cm³/mol. The van der Waals surface area contributed by atoms with Crippen LogP contribution in [0, 0.1) is 0 Å². The Hall–Kier alpha value is -1.77. The Kier molecular flexibility index (Phi) is 4.82. The summed E-state index contributed by atoms with van der Waals surface area (Å²) in [5.74, 6) is 8.92. The first-order valence-electron chi connectivity index (χ1n) is 7.84. The Morgan fingerprint density at radius 3 is 2.84 bits per heavy atom. The van der Waals surface area contributed by atoms with E-state index in [1.807, 2.05) is 17.5 Å². The van der Waals surface area contributed by atoms with Crippen molar-refractivity contribution >= 4 is 34.7 Å². The average molecular weight is 394 g/mol. The molecule has 1 saturated carbocycles. The Morgan fingerprint density at radius 1 is 1.28 bits per heavy atom. The summed E-state index contributed by atoms with van der Waals surface area (Å²) in [6.07, 6.45) is 2.31. The summed E-state index contributed by atoms with van der Waals surface area (Å²) in [4.78, 5) is 4.59. The van der Waals surface area contributed by atoms with Crippen molar-refractivity contribution in [2.24, 2.45) is 0 Å². The summed E-state index contributed by atoms with van der Waals surface area (Å²) in [5.41, 5.74) is 0.987. The van der Waals surface area contributed by atoms with E-state index in [9.17, 15) is 0 Å². The van der Waals surface area contributed by atoms with Crippen LogP contribution in [0.3, 0.4) is 0 Å². The Morgan fingerprint density at radius 2 is 2.08 bits per heavy atom. The number of halogens is 1. The number of benzene rings is 1. The van der Waals surface area contributed by atoms with E-state index in [-0.39, 0.29) is 0 Å². The molecule has 4 rings (SSSR count). The number of hydrogen-bond donors (Lipinski definition) is 1. The summed E-state index contributed by atoms with van der Waals surface area (Å²) in [5, 5.41) is 12.7. The molecule has 0 atom stereocenters. The zero-order valence-electron chi connectivity index (χ0n) is 13.3. The molecule has 2 heterocycles. The molecule has 0 bridgehead atoms. The summed E-state index contributed by atoms with van der Waals surface area (Å²) in [6, 6.07) is 7.30. The number of thioether (sulfide) groups is 1. The second-order valence-corrected chi connectivity index (χ2v) is 8.07. The smallest absolute Gasteiger partial charge is 0.210 e. The Labute approximate surface area is 158 Å². The van der Waals surface area contributed by atoms with Crippen LogP contribution in [0.5, 0.6) is 5.75 Å². The molecule has 9 heteroatoms. The minimum Gasteiger partial charge on any atom is -0.486 e. The van der Waals surface area contributed by atoms with E-state index in [4.69, 9.17) is 22.2 Å². The van der Waals surface area contributed by atoms with Crippen molar-refractivity contribution in [1.82, 2.24) is 19.9 Å². The van der Waals surface area contributed by atoms with E-state index in [0.29, 0.717) is 23.3 Å². The highest BCUT2D eigenvalue weighted by atomic mass is 35.5. The molecule has 0 saturated heterocycles. The van der Waals surface area contributed by atoms with Gasteiger partial charge in [0.2, 0.25) is 5.16 Å². The summed E-state index contributed by atoms with van der Waals surface area (Å²) >= 11 is 8.99. The van der Waals surface area contributed by atoms with Gasteiger partial charge in [-0.3, -0.25) is 0 Å². The lowest BCUT2D eigenvalue weighted by molar-refractivity contribution is 0.305. The molecular weight excluding hydrogens is 378 g/mol. The van der Waals surface area contributed by atoms with Gasteiger partial charge in [0, 0.05) is 22.1 Å². The van der Waals surface area contributed by atoms with Gasteiger partial charge in [0.25, 0.3) is 0 Å². The molecule has 2 aromatic heterocycles. The van der Waals surface area contributed by atoms with Crippen molar-refractivity contribution in [2.45, 2.75) is 36.3 Å². The molecule has 0 radical (unpaired) electrons. The zero-order valence-corrected chi connectivity index (χ0v) is 15.7. The molecule has 0 amide bonds. The standard InChI is InChI=1S/C16H16ClN5OS2/c17-11-3-5-13(6-4-11)23-7-14-19-12(8-24-14)9-25-16-21-20-15(22(16)18)10-1-2-10/h3-6,8,10H,1-2,7,9,18H2. The molecule has 0 spiro atoms. The number of thiazole rings is 1. The van der Waals surface area contributed by atoms with Gasteiger partial charge in [0.1, 0.15) is 17.4 Å². The lowest BCUT2D eigenvalue weighted by Gasteiger charge is -2.03. The maximum Gasteiger partial charge on any atom is 0.210 e. The Bertz CT molecular complexity index is 860. The van der Waals surface area contributed by atoms with Gasteiger partial charge in [0.05, 0.1) is 5.69 Å². The van der Waals surface area contributed by atoms with Gasteiger partial charge in [-0.25, -0.2) is 9.66 Å². The van der Waals surface area contributed by atoms with E-state index >= 15 is 0 Å². The topological polar surface area (TPSA) is 78.9 Å². The van der Waals surface area contributed by atoms with Crippen LogP contribution >= 0.6 is 34.7 Å². The highest BCUT2D eigenvalue weighted by Crippen LogP contribution is 2.39. The average Bonchev–Trinajstić information content (AvgIpc) is 3.24. The summed E-state index contributed by atoms with van der Waals surface area (Å²) < 4.78 is 7.33. The first kappa shape index (κ1) is 16.7. The number of aromatic nitrogens is 4. The minimum absolute atomic E-state index is 0.440. The third kappa shape index (κ3) is 4.08. The van der Waals surface area contributed by atoms with Crippen LogP contribution in [-0.4, -0.2) is 19.9 Å². The van der Waals surface area contributed by atoms with Gasteiger partial charge in [-0.2, -0.15) is 0 Å². The number of rotatable bonds is 7. The first-order valence-corrected chi connectivity index (χ1v) is 10.1. The molecule has 1 aromatic carbocycles. The number of nitrogen functional groups attached to an aromatic ring is 1. The third-order valence-electron chi connectivity index (χ3n) is 3.76. The van der Waals surface area contributed by atoms with Crippen molar-refractivity contribution < 1.29 is 4.74 Å². The first-order chi connectivity index (χ1) is 12.2. The highest BCUT2D eigenvalue weighted by Gasteiger charge is 2.29. The van der Waals surface area contributed by atoms with Crippen molar-refractivity contribution in [3.8, 4) is 5.75 Å². The predicted octanol–water partition coefficient (Wildman–Crippen LogP) is 3.85. The highest BCUT2D eigenvalue weighted by molar-refractivity contribution is 7.98. The number of ether oxygens (including phenoxy) is 1. The van der Waals surface area contributed by atoms with Crippen LogP contribution in [0.25, 0.3) is 0 Å². The van der Waals surface area contributed by atoms with Crippen molar-refractivity contribution in [3.05, 3.63) is 51.2 Å². The number of hydrogen-bond acceptors (Lipinski definition) is 7. The molecule has 6 nitrogen and oxygen atoms in total. The maximum absolute atomic E-state index is 6.06. The monoisotopic (exact) mass is 393 g/mol. The normalized spacial score (nSPS) is 14.0. The second-order valence-electron chi connectivity index (χ2n) is 5.75. The molecule has 3 aromatic rings. The third-order valence-corrected chi connectivity index (χ3v) is 5.86. The van der Waals surface area contributed by atoms with E-state index in [1.54, 1.807) is 39.9 Å². The molecule has 1 aliphatic carbocycles. The van der Waals surface area contributed by atoms with Crippen molar-refractivity contribution in [1.29, 1.82) is 0 Å². The van der Waals surface area contributed by atoms with Crippen molar-refractivity contribution in [2.75, 3.05) is 5.84 Å². The fourth-order valence-electron chi connectivity index (χ4n) is 2.30. The van der Waals surface area contributed by atoms with Gasteiger partial charge < -0.3 is 10.6 Å². The van der Waals surface area contributed by atoms with Crippen LogP contribution in [0.2, 0.25) is 5.02 Å². The van der Waals surface area contributed by atoms with Crippen molar-refractivity contribution in [3.63, 3.8) is 0 Å². The fraction of sp³-hybridized carbons (Fsp3) is 0.312. The molecule has 1 aliphatic rings. The zero-order chi connectivity index (χ0) is 17.2. The molecule has 0 aliphatic heterocycles. The lowest BCUT2D eigenvalue weighted by Crippen LogP contribution is -2.13. The molecule has 2 N–H and O–H groups in total. The SMILES string of the molecule is Nn1c(SCc2csc(COc3ccc(Cl)cc3)n2)nnc1C1CC1. The molecule has 0 unspecified atom stereocenters. The Balaban J connectivity index is 1.31. The fourth-order valence-corrected chi connectivity index (χ4v) is 4.00. The summed E-state index contributed by atoms with van der Waals surface area (Å²) in [7, 11) is 0. The minimum atomic E-state index is 0.440. The van der Waals surface area contributed by atoms with Gasteiger partial charge in [-0.05, 0) is 37.1 Å². The molecule has 25 heavy (non-hydrogen) atoms. The quantitative estimate of drug-likeness (QED) is 0.485. The van der Waals surface area contributed by atoms with Gasteiger partial charge in [-0.1, -0.05) is 23.4 Å². The second kappa shape index (κ2) is 7.23. The van der Waals surface area contributed by atoms with Gasteiger partial charge in [0.15, 0.2) is 5.82 Å². The number of nitrogens with zero attached hydrogens (tertiary/aromatic N) is 4.